The number of benzene rings is 1. The summed E-state index contributed by atoms with van der Waals surface area (Å²) < 4.78 is 10.6. The summed E-state index contributed by atoms with van der Waals surface area (Å²) in [5.74, 6) is -0.134. The number of hydrogen-bond acceptors (Lipinski definition) is 5. The highest BCUT2D eigenvalue weighted by Gasteiger charge is 2.35. The molecule has 8 heteroatoms. The lowest BCUT2D eigenvalue weighted by Gasteiger charge is -2.23. The molecule has 8 nitrogen and oxygen atoms in total. The molecule has 0 radical (unpaired) electrons. The van der Waals surface area contributed by atoms with Gasteiger partial charge in [-0.3, -0.25) is 4.79 Å². The number of ketones is 1. The number of anilines is 1. The molecule has 0 saturated heterocycles. The number of esters is 1. The fourth-order valence-corrected chi connectivity index (χ4v) is 3.60. The molecule has 2 N–H and O–H groups in total. The predicted molar refractivity (Wildman–Crippen MR) is 117 cm³/mol. The van der Waals surface area contributed by atoms with Crippen LogP contribution in [-0.2, 0) is 4.74 Å². The van der Waals surface area contributed by atoms with E-state index in [0.717, 1.165) is 12.8 Å². The van der Waals surface area contributed by atoms with Crippen molar-refractivity contribution in [3.63, 3.8) is 0 Å². The third-order valence-electron chi connectivity index (χ3n) is 5.19. The van der Waals surface area contributed by atoms with E-state index in [1.807, 2.05) is 19.1 Å². The summed E-state index contributed by atoms with van der Waals surface area (Å²) >= 11 is 0. The molecule has 0 spiro atoms. The number of aromatic nitrogens is 1. The minimum absolute atomic E-state index is 0.0206. The Bertz CT molecular complexity index is 978. The van der Waals surface area contributed by atoms with Crippen LogP contribution >= 0.6 is 0 Å². The molecule has 2 aromatic rings. The molecule has 1 saturated carbocycles. The average molecular weight is 428 g/mol. The van der Waals surface area contributed by atoms with E-state index in [9.17, 15) is 14.4 Å². The molecule has 1 aliphatic carbocycles. The van der Waals surface area contributed by atoms with Gasteiger partial charge >= 0.3 is 12.0 Å². The van der Waals surface area contributed by atoms with Crippen LogP contribution in [0.25, 0.3) is 0 Å². The second-order valence-corrected chi connectivity index (χ2v) is 7.49. The van der Waals surface area contributed by atoms with Gasteiger partial charge in [0.1, 0.15) is 11.4 Å². The summed E-state index contributed by atoms with van der Waals surface area (Å²) in [5.41, 5.74) is 2.39. The fourth-order valence-electron chi connectivity index (χ4n) is 3.60. The number of nitrogens with one attached hydrogen (secondary N) is 2. The Morgan fingerprint density at radius 2 is 1.84 bits per heavy atom. The van der Waals surface area contributed by atoms with E-state index in [1.54, 1.807) is 37.8 Å². The number of para-hydroxylation sites is 2. The molecule has 166 valence electrons. The van der Waals surface area contributed by atoms with Gasteiger partial charge in [-0.1, -0.05) is 12.1 Å². The summed E-state index contributed by atoms with van der Waals surface area (Å²) in [7, 11) is 0. The number of H-pyrrole nitrogens is 1. The highest BCUT2D eigenvalue weighted by atomic mass is 16.5. The largest absolute Gasteiger partial charge is 0.492 e. The number of aromatic amines is 1. The van der Waals surface area contributed by atoms with Crippen LogP contribution in [-0.4, -0.2) is 53.5 Å². The first kappa shape index (κ1) is 22.4. The van der Waals surface area contributed by atoms with Gasteiger partial charge in [0.15, 0.2) is 5.78 Å². The quantitative estimate of drug-likeness (QED) is 0.464. The van der Waals surface area contributed by atoms with E-state index in [-0.39, 0.29) is 36.7 Å². The first-order valence-electron chi connectivity index (χ1n) is 10.6. The molecule has 0 bridgehead atoms. The first-order valence-corrected chi connectivity index (χ1v) is 10.6. The topological polar surface area (TPSA) is 101 Å². The van der Waals surface area contributed by atoms with Crippen LogP contribution in [0.15, 0.2) is 24.3 Å². The monoisotopic (exact) mass is 427 g/mol. The number of nitrogens with zero attached hydrogens (tertiary/aromatic N) is 1. The van der Waals surface area contributed by atoms with Crippen molar-refractivity contribution in [1.82, 2.24) is 9.88 Å². The third-order valence-corrected chi connectivity index (χ3v) is 5.19. The van der Waals surface area contributed by atoms with E-state index in [1.165, 1.54) is 0 Å². The van der Waals surface area contributed by atoms with Crippen LogP contribution in [0.3, 0.4) is 0 Å². The van der Waals surface area contributed by atoms with Gasteiger partial charge in [-0.15, -0.1) is 0 Å². The van der Waals surface area contributed by atoms with Crippen LogP contribution in [0.2, 0.25) is 0 Å². The number of carbonyl (C=O) groups is 3. The SMILES string of the molecule is CCOC(=O)c1[nH]c(C)c(C(=O)CN(C(=O)Nc2ccccc2OCC)C2CC2)c1C. The zero-order chi connectivity index (χ0) is 22.5. The molecule has 3 rings (SSSR count). The minimum Gasteiger partial charge on any atom is -0.492 e. The Morgan fingerprint density at radius 3 is 2.48 bits per heavy atom. The molecule has 0 aliphatic heterocycles. The third kappa shape index (κ3) is 5.07. The van der Waals surface area contributed by atoms with Gasteiger partial charge in [0.05, 0.1) is 25.4 Å². The Hall–Kier alpha value is -3.29. The number of amides is 2. The lowest BCUT2D eigenvalue weighted by Crippen LogP contribution is -2.40. The van der Waals surface area contributed by atoms with E-state index in [2.05, 4.69) is 10.3 Å². The van der Waals surface area contributed by atoms with Crippen molar-refractivity contribution >= 4 is 23.5 Å². The lowest BCUT2D eigenvalue weighted by atomic mass is 10.1. The van der Waals surface area contributed by atoms with Crippen LogP contribution in [0.1, 0.15) is 58.8 Å². The van der Waals surface area contributed by atoms with Gasteiger partial charge in [0.25, 0.3) is 0 Å². The molecular weight excluding hydrogens is 398 g/mol. The Morgan fingerprint density at radius 1 is 1.13 bits per heavy atom. The number of rotatable bonds is 9. The minimum atomic E-state index is -0.494. The molecule has 1 fully saturated rings. The maximum atomic E-state index is 13.1. The van der Waals surface area contributed by atoms with E-state index in [4.69, 9.17) is 9.47 Å². The zero-order valence-corrected chi connectivity index (χ0v) is 18.4. The van der Waals surface area contributed by atoms with Gasteiger partial charge in [0, 0.05) is 17.3 Å². The van der Waals surface area contributed by atoms with Gasteiger partial charge in [-0.25, -0.2) is 9.59 Å². The summed E-state index contributed by atoms with van der Waals surface area (Å²) in [5, 5.41) is 2.87. The summed E-state index contributed by atoms with van der Waals surface area (Å²) in [6.07, 6.45) is 1.71. The molecule has 1 aromatic carbocycles. The van der Waals surface area contributed by atoms with E-state index in [0.29, 0.717) is 34.9 Å². The molecule has 31 heavy (non-hydrogen) atoms. The molecular formula is C23H29N3O5. The molecule has 1 aromatic heterocycles. The van der Waals surface area contributed by atoms with Crippen LogP contribution in [0.4, 0.5) is 10.5 Å². The van der Waals surface area contributed by atoms with Crippen LogP contribution in [0.5, 0.6) is 5.75 Å². The Balaban J connectivity index is 1.78. The fraction of sp³-hybridized carbons (Fsp3) is 0.435. The Kier molecular flexibility index (Phi) is 6.99. The number of urea groups is 1. The number of carbonyl (C=O) groups excluding carboxylic acids is 3. The highest BCUT2D eigenvalue weighted by Crippen LogP contribution is 2.30. The van der Waals surface area contributed by atoms with Crippen molar-refractivity contribution in [2.24, 2.45) is 0 Å². The molecule has 1 aliphatic rings. The number of Topliss-reactive ketones (excluding diaryl/α,β-unsaturated/α-hetero) is 1. The maximum Gasteiger partial charge on any atom is 0.355 e. The molecule has 2 amide bonds. The first-order chi connectivity index (χ1) is 14.9. The second-order valence-electron chi connectivity index (χ2n) is 7.49. The summed E-state index contributed by atoms with van der Waals surface area (Å²) in [4.78, 5) is 42.8. The van der Waals surface area contributed by atoms with Crippen molar-refractivity contribution in [2.45, 2.75) is 46.6 Å². The standard InChI is InChI=1S/C23H29N3O5/c1-5-30-19-10-8-7-9-17(19)25-23(29)26(16-11-12-16)13-18(27)20-14(3)21(24-15(20)4)22(28)31-6-2/h7-10,16,24H,5-6,11-13H2,1-4H3,(H,25,29). The van der Waals surface area contributed by atoms with Gasteiger partial charge < -0.3 is 24.7 Å². The number of aryl methyl sites for hydroxylation is 1. The molecule has 0 atom stereocenters. The number of hydrogen-bond donors (Lipinski definition) is 2. The van der Waals surface area contributed by atoms with Crippen molar-refractivity contribution in [3.05, 3.63) is 46.8 Å². The van der Waals surface area contributed by atoms with Crippen molar-refractivity contribution in [3.8, 4) is 5.75 Å². The second kappa shape index (κ2) is 9.68. The molecule has 0 unspecified atom stereocenters. The maximum absolute atomic E-state index is 13.1. The van der Waals surface area contributed by atoms with Gasteiger partial charge in [-0.05, 0) is 58.2 Å². The zero-order valence-electron chi connectivity index (χ0n) is 18.4. The molecule has 1 heterocycles. The summed E-state index contributed by atoms with van der Waals surface area (Å²) in [6.45, 7) is 7.70. The van der Waals surface area contributed by atoms with Crippen molar-refractivity contribution in [2.75, 3.05) is 25.1 Å². The highest BCUT2D eigenvalue weighted by molar-refractivity contribution is 6.05. The Labute approximate surface area is 181 Å². The van der Waals surface area contributed by atoms with Crippen LogP contribution < -0.4 is 10.1 Å². The summed E-state index contributed by atoms with van der Waals surface area (Å²) in [6, 6.07) is 6.87. The lowest BCUT2D eigenvalue weighted by molar-refractivity contribution is 0.0519. The van der Waals surface area contributed by atoms with Crippen molar-refractivity contribution < 1.29 is 23.9 Å². The van der Waals surface area contributed by atoms with Crippen molar-refractivity contribution in [1.29, 1.82) is 0 Å². The van der Waals surface area contributed by atoms with E-state index < -0.39 is 5.97 Å². The number of ether oxygens (including phenoxy) is 2. The predicted octanol–water partition coefficient (Wildman–Crippen LogP) is 4.09. The average Bonchev–Trinajstić information content (AvgIpc) is 3.52. The normalized spacial score (nSPS) is 12.9. The van der Waals surface area contributed by atoms with E-state index >= 15 is 0 Å². The van der Waals surface area contributed by atoms with Gasteiger partial charge in [-0.2, -0.15) is 0 Å². The van der Waals surface area contributed by atoms with Gasteiger partial charge in [0.2, 0.25) is 0 Å². The smallest absolute Gasteiger partial charge is 0.355 e. The van der Waals surface area contributed by atoms with Crippen LogP contribution in [0, 0.1) is 13.8 Å².